The quantitative estimate of drug-likeness (QED) is 0.763. The lowest BCUT2D eigenvalue weighted by molar-refractivity contribution is -0.143. The van der Waals surface area contributed by atoms with Gasteiger partial charge in [0.05, 0.1) is 12.0 Å². The Morgan fingerprint density at radius 1 is 1.20 bits per heavy atom. The van der Waals surface area contributed by atoms with Crippen molar-refractivity contribution in [2.75, 3.05) is 0 Å². The second kappa shape index (κ2) is 7.80. The number of carboxylic acids is 1. The van der Waals surface area contributed by atoms with Crippen LogP contribution in [0.15, 0.2) is 30.3 Å². The number of carbonyl (C=O) groups is 2. The Bertz CT molecular complexity index is 442. The molecule has 0 saturated heterocycles. The van der Waals surface area contributed by atoms with E-state index in [1.54, 1.807) is 0 Å². The molecule has 0 aromatic heterocycles. The molecule has 4 nitrogen and oxygen atoms in total. The van der Waals surface area contributed by atoms with Crippen molar-refractivity contribution in [3.05, 3.63) is 35.9 Å². The van der Waals surface area contributed by atoms with Crippen molar-refractivity contribution < 1.29 is 14.7 Å². The molecule has 0 unspecified atom stereocenters. The number of nitrogens with two attached hydrogens (primary N) is 1. The summed E-state index contributed by atoms with van der Waals surface area (Å²) in [6.07, 6.45) is 0.949. The third-order valence-corrected chi connectivity index (χ3v) is 3.26. The van der Waals surface area contributed by atoms with E-state index in [1.165, 1.54) is 0 Å². The van der Waals surface area contributed by atoms with E-state index < -0.39 is 17.9 Å². The van der Waals surface area contributed by atoms with Gasteiger partial charge in [0.25, 0.3) is 0 Å². The summed E-state index contributed by atoms with van der Waals surface area (Å²) < 4.78 is 0. The Kier molecular flexibility index (Phi) is 6.39. The molecule has 0 aliphatic rings. The van der Waals surface area contributed by atoms with Crippen molar-refractivity contribution in [3.8, 4) is 0 Å². The minimum atomic E-state index is -0.945. The van der Waals surface area contributed by atoms with E-state index in [0.29, 0.717) is 18.8 Å². The van der Waals surface area contributed by atoms with Crippen LogP contribution in [-0.2, 0) is 16.0 Å². The molecule has 0 heterocycles. The lowest BCUT2D eigenvalue weighted by atomic mass is 9.90. The molecule has 3 N–H and O–H groups in total. The molecule has 0 aliphatic heterocycles. The fourth-order valence-corrected chi connectivity index (χ4v) is 2.18. The third kappa shape index (κ3) is 5.53. The van der Waals surface area contributed by atoms with Crippen molar-refractivity contribution in [2.45, 2.75) is 39.2 Å². The van der Waals surface area contributed by atoms with Gasteiger partial charge in [0.2, 0.25) is 0 Å². The van der Waals surface area contributed by atoms with Crippen molar-refractivity contribution in [1.82, 2.24) is 0 Å². The smallest absolute Gasteiger partial charge is 0.307 e. The summed E-state index contributed by atoms with van der Waals surface area (Å²) >= 11 is 0. The molecule has 4 heteroatoms. The topological polar surface area (TPSA) is 80.4 Å². The first-order chi connectivity index (χ1) is 9.40. The Morgan fingerprint density at radius 3 is 2.30 bits per heavy atom. The number of carbonyl (C=O) groups excluding carboxylic acids is 1. The summed E-state index contributed by atoms with van der Waals surface area (Å²) in [5.74, 6) is -1.49. The molecule has 0 amide bonds. The van der Waals surface area contributed by atoms with Crippen LogP contribution in [0.25, 0.3) is 0 Å². The fourth-order valence-electron chi connectivity index (χ4n) is 2.18. The van der Waals surface area contributed by atoms with Crippen LogP contribution in [0.2, 0.25) is 0 Å². The van der Waals surface area contributed by atoms with Crippen molar-refractivity contribution in [3.63, 3.8) is 0 Å². The maximum Gasteiger partial charge on any atom is 0.307 e. The minimum absolute atomic E-state index is 0.00187. The zero-order valence-corrected chi connectivity index (χ0v) is 12.1. The molecule has 1 aromatic carbocycles. The highest BCUT2D eigenvalue weighted by atomic mass is 16.4. The fraction of sp³-hybridized carbons (Fsp3) is 0.500. The number of carboxylic acid groups (broad SMARTS) is 1. The van der Waals surface area contributed by atoms with E-state index >= 15 is 0 Å². The summed E-state index contributed by atoms with van der Waals surface area (Å²) in [6, 6.07) is 8.78. The standard InChI is InChI=1S/C16H23NO3/c1-11(2)8-14(17)15(18)10-13(16(19)20)9-12-6-4-3-5-7-12/h3-7,11,13-14H,8-10,17H2,1-2H3,(H,19,20)/t13-,14+/m1/s1. The number of rotatable bonds is 8. The van der Waals surface area contributed by atoms with Crippen molar-refractivity contribution >= 4 is 11.8 Å². The SMILES string of the molecule is CC(C)C[C@H](N)C(=O)C[C@@H](Cc1ccccc1)C(=O)O. The van der Waals surface area contributed by atoms with Gasteiger partial charge in [-0.05, 0) is 24.3 Å². The zero-order valence-electron chi connectivity index (χ0n) is 12.1. The zero-order chi connectivity index (χ0) is 15.1. The number of hydrogen-bond acceptors (Lipinski definition) is 3. The highest BCUT2D eigenvalue weighted by molar-refractivity contribution is 5.87. The molecule has 20 heavy (non-hydrogen) atoms. The van der Waals surface area contributed by atoms with Crippen LogP contribution in [0, 0.1) is 11.8 Å². The Morgan fingerprint density at radius 2 is 1.80 bits per heavy atom. The maximum absolute atomic E-state index is 12.0. The number of ketones is 1. The highest BCUT2D eigenvalue weighted by Crippen LogP contribution is 2.15. The normalized spacial score (nSPS) is 14.0. The first-order valence-corrected chi connectivity index (χ1v) is 6.95. The average Bonchev–Trinajstić information content (AvgIpc) is 2.38. The second-order valence-corrected chi connectivity index (χ2v) is 5.63. The summed E-state index contributed by atoms with van der Waals surface area (Å²) in [7, 11) is 0. The van der Waals surface area contributed by atoms with E-state index in [9.17, 15) is 14.7 Å². The van der Waals surface area contributed by atoms with Gasteiger partial charge < -0.3 is 10.8 Å². The van der Waals surface area contributed by atoms with Crippen LogP contribution in [0.5, 0.6) is 0 Å². The molecule has 0 spiro atoms. The molecule has 1 aromatic rings. The molecule has 0 bridgehead atoms. The summed E-state index contributed by atoms with van der Waals surface area (Å²) in [4.78, 5) is 23.3. The Labute approximate surface area is 120 Å². The molecular weight excluding hydrogens is 254 g/mol. The number of aliphatic carboxylic acids is 1. The molecular formula is C16H23NO3. The number of hydrogen-bond donors (Lipinski definition) is 2. The summed E-state index contributed by atoms with van der Waals surface area (Å²) in [5, 5.41) is 9.25. The van der Waals surface area contributed by atoms with Crippen LogP contribution in [0.1, 0.15) is 32.3 Å². The van der Waals surface area contributed by atoms with Crippen LogP contribution >= 0.6 is 0 Å². The molecule has 2 atom stereocenters. The monoisotopic (exact) mass is 277 g/mol. The molecule has 0 fully saturated rings. The van der Waals surface area contributed by atoms with Gasteiger partial charge in [0, 0.05) is 6.42 Å². The predicted molar refractivity (Wildman–Crippen MR) is 78.3 cm³/mol. The molecule has 1 rings (SSSR count). The Hall–Kier alpha value is -1.68. The van der Waals surface area contributed by atoms with Crippen LogP contribution in [0.3, 0.4) is 0 Å². The number of Topliss-reactive ketones (excluding diaryl/α,β-unsaturated/α-hetero) is 1. The van der Waals surface area contributed by atoms with Gasteiger partial charge in [0.15, 0.2) is 0 Å². The van der Waals surface area contributed by atoms with E-state index in [1.807, 2.05) is 44.2 Å². The van der Waals surface area contributed by atoms with Crippen LogP contribution < -0.4 is 5.73 Å². The van der Waals surface area contributed by atoms with Gasteiger partial charge in [-0.15, -0.1) is 0 Å². The van der Waals surface area contributed by atoms with Gasteiger partial charge in [-0.3, -0.25) is 9.59 Å². The van der Waals surface area contributed by atoms with Gasteiger partial charge in [-0.2, -0.15) is 0 Å². The van der Waals surface area contributed by atoms with Gasteiger partial charge in [0.1, 0.15) is 5.78 Å². The molecule has 0 aliphatic carbocycles. The summed E-state index contributed by atoms with van der Waals surface area (Å²) in [6.45, 7) is 3.98. The van der Waals surface area contributed by atoms with E-state index in [2.05, 4.69) is 0 Å². The van der Waals surface area contributed by atoms with Crippen LogP contribution in [0.4, 0.5) is 0 Å². The lowest BCUT2D eigenvalue weighted by Gasteiger charge is -2.16. The van der Waals surface area contributed by atoms with E-state index in [0.717, 1.165) is 5.56 Å². The molecule has 110 valence electrons. The first-order valence-electron chi connectivity index (χ1n) is 6.95. The highest BCUT2D eigenvalue weighted by Gasteiger charge is 2.25. The van der Waals surface area contributed by atoms with Gasteiger partial charge in [-0.25, -0.2) is 0 Å². The molecule has 0 radical (unpaired) electrons. The van der Waals surface area contributed by atoms with Gasteiger partial charge in [-0.1, -0.05) is 44.2 Å². The molecule has 0 saturated carbocycles. The van der Waals surface area contributed by atoms with Gasteiger partial charge >= 0.3 is 5.97 Å². The van der Waals surface area contributed by atoms with Crippen molar-refractivity contribution in [1.29, 1.82) is 0 Å². The van der Waals surface area contributed by atoms with Crippen LogP contribution in [-0.4, -0.2) is 22.9 Å². The maximum atomic E-state index is 12.0. The number of benzene rings is 1. The Balaban J connectivity index is 2.64. The van der Waals surface area contributed by atoms with E-state index in [4.69, 9.17) is 5.73 Å². The summed E-state index contributed by atoms with van der Waals surface area (Å²) in [5.41, 5.74) is 6.74. The van der Waals surface area contributed by atoms with E-state index in [-0.39, 0.29) is 12.2 Å². The third-order valence-electron chi connectivity index (χ3n) is 3.26. The largest absolute Gasteiger partial charge is 0.481 e. The average molecular weight is 277 g/mol. The van der Waals surface area contributed by atoms with Crippen molar-refractivity contribution in [2.24, 2.45) is 17.6 Å². The first kappa shape index (κ1) is 16.4. The second-order valence-electron chi connectivity index (χ2n) is 5.63. The predicted octanol–water partition coefficient (Wildman–Crippen LogP) is 2.26. The lowest BCUT2D eigenvalue weighted by Crippen LogP contribution is -2.34. The minimum Gasteiger partial charge on any atom is -0.481 e.